The second kappa shape index (κ2) is 7.29. The Morgan fingerprint density at radius 2 is 1.81 bits per heavy atom. The van der Waals surface area contributed by atoms with E-state index in [4.69, 9.17) is 14.7 Å². The van der Waals surface area contributed by atoms with Gasteiger partial charge in [0, 0.05) is 4.75 Å². The van der Waals surface area contributed by atoms with Crippen molar-refractivity contribution in [2.75, 3.05) is 19.1 Å². The second-order valence-corrected chi connectivity index (χ2v) is 10.3. The highest BCUT2D eigenvalue weighted by Crippen LogP contribution is 2.53. The molecule has 1 rings (SSSR count). The number of nitrogens with two attached hydrogens (primary N) is 1. The quantitative estimate of drug-likeness (QED) is 0.820. The van der Waals surface area contributed by atoms with E-state index in [-0.39, 0.29) is 18.0 Å². The molecule has 2 N–H and O–H groups in total. The fourth-order valence-electron chi connectivity index (χ4n) is 1.32. The Kier molecular flexibility index (Phi) is 6.25. The Morgan fingerprint density at radius 3 is 2.33 bits per heavy atom. The molecule has 4 nitrogen and oxygen atoms in total. The fourth-order valence-corrected chi connectivity index (χ4v) is 2.16. The highest BCUT2D eigenvalue weighted by molar-refractivity contribution is 8.29. The van der Waals surface area contributed by atoms with Crippen LogP contribution in [0.1, 0.15) is 26.3 Å². The molecule has 0 aromatic heterocycles. The number of benzene rings is 1. The fraction of sp³-hybridized carbons (Fsp3) is 0.562. The second-order valence-electron chi connectivity index (χ2n) is 6.33. The molecule has 0 bridgehead atoms. The van der Waals surface area contributed by atoms with Crippen molar-refractivity contribution in [3.63, 3.8) is 0 Å². The zero-order valence-corrected chi connectivity index (χ0v) is 14.4. The van der Waals surface area contributed by atoms with Gasteiger partial charge in [0.1, 0.15) is 12.6 Å². The van der Waals surface area contributed by atoms with Crippen LogP contribution in [-0.4, -0.2) is 35.9 Å². The van der Waals surface area contributed by atoms with E-state index in [0.717, 1.165) is 5.56 Å². The Labute approximate surface area is 129 Å². The summed E-state index contributed by atoms with van der Waals surface area (Å²) in [5.74, 6) is -0.428. The number of esters is 1. The molecule has 0 heterocycles. The van der Waals surface area contributed by atoms with Gasteiger partial charge in [0.05, 0.1) is 6.61 Å². The van der Waals surface area contributed by atoms with Crippen LogP contribution in [0.15, 0.2) is 30.3 Å². The lowest BCUT2D eigenvalue weighted by molar-refractivity contribution is -0.147. The minimum atomic E-state index is -1.28. The van der Waals surface area contributed by atoms with Crippen LogP contribution in [-0.2, 0) is 20.3 Å². The summed E-state index contributed by atoms with van der Waals surface area (Å²) in [6, 6.07) is 8.79. The minimum Gasteiger partial charge on any atom is -0.460 e. The van der Waals surface area contributed by atoms with Crippen LogP contribution in [0, 0.1) is 0 Å². The first kappa shape index (κ1) is 18.0. The molecule has 0 saturated heterocycles. The molecule has 120 valence electrons. The Bertz CT molecular complexity index is 454. The summed E-state index contributed by atoms with van der Waals surface area (Å²) < 4.78 is 11.1. The molecule has 0 unspecified atom stereocenters. The lowest BCUT2D eigenvalue weighted by Crippen LogP contribution is -2.38. The first-order chi connectivity index (χ1) is 9.63. The van der Waals surface area contributed by atoms with Gasteiger partial charge in [-0.3, -0.25) is 4.79 Å². The van der Waals surface area contributed by atoms with Gasteiger partial charge in [0.15, 0.2) is 0 Å². The zero-order valence-electron chi connectivity index (χ0n) is 13.6. The Balaban J connectivity index is 2.42. The van der Waals surface area contributed by atoms with E-state index in [1.807, 2.05) is 30.3 Å². The van der Waals surface area contributed by atoms with E-state index >= 15 is 0 Å². The lowest BCUT2D eigenvalue weighted by atomic mass is 10.2. The van der Waals surface area contributed by atoms with E-state index in [1.54, 1.807) is 0 Å². The average molecular weight is 313 g/mol. The van der Waals surface area contributed by atoms with Crippen LogP contribution >= 0.6 is 10.3 Å². The van der Waals surface area contributed by atoms with Gasteiger partial charge in [0.2, 0.25) is 0 Å². The molecule has 5 heteroatoms. The van der Waals surface area contributed by atoms with Crippen LogP contribution in [0.5, 0.6) is 0 Å². The van der Waals surface area contributed by atoms with E-state index in [2.05, 4.69) is 33.3 Å². The molecule has 0 aliphatic carbocycles. The van der Waals surface area contributed by atoms with E-state index in [0.29, 0.717) is 0 Å². The van der Waals surface area contributed by atoms with Crippen molar-refractivity contribution in [3.8, 4) is 0 Å². The molecule has 0 amide bonds. The molecule has 0 aliphatic heterocycles. The topological polar surface area (TPSA) is 61.5 Å². The Morgan fingerprint density at radius 1 is 1.24 bits per heavy atom. The van der Waals surface area contributed by atoms with Gasteiger partial charge in [-0.2, -0.15) is 0 Å². The molecule has 0 fully saturated rings. The SMILES string of the molecule is CC(C)(C)S(C)(C)OC[C@H](N)C(=O)OCc1ccccc1. The van der Waals surface area contributed by atoms with Gasteiger partial charge < -0.3 is 14.7 Å². The monoisotopic (exact) mass is 313 g/mol. The molecule has 0 aliphatic rings. The van der Waals surface area contributed by atoms with E-state index < -0.39 is 22.3 Å². The number of hydrogen-bond donors (Lipinski definition) is 1. The van der Waals surface area contributed by atoms with Crippen molar-refractivity contribution in [3.05, 3.63) is 35.9 Å². The molecule has 1 atom stereocenters. The van der Waals surface area contributed by atoms with Gasteiger partial charge in [-0.25, -0.2) is 0 Å². The van der Waals surface area contributed by atoms with Crippen molar-refractivity contribution in [1.82, 2.24) is 0 Å². The third-order valence-electron chi connectivity index (χ3n) is 3.54. The largest absolute Gasteiger partial charge is 0.460 e. The van der Waals surface area contributed by atoms with Crippen LogP contribution < -0.4 is 5.73 Å². The maximum atomic E-state index is 11.9. The van der Waals surface area contributed by atoms with Crippen molar-refractivity contribution in [2.24, 2.45) is 5.73 Å². The summed E-state index contributed by atoms with van der Waals surface area (Å²) in [6.07, 6.45) is 4.16. The standard InChI is InChI=1S/C16H27NO3S/c1-16(2,3)21(4,5)20-12-14(17)15(18)19-11-13-9-7-6-8-10-13/h6-10,14H,11-12,17H2,1-5H3/t14-/m0/s1. The minimum absolute atomic E-state index is 0.0423. The Hall–Kier alpha value is -1.04. The maximum absolute atomic E-state index is 11.9. The summed E-state index contributed by atoms with van der Waals surface area (Å²) in [5, 5.41) is 0. The van der Waals surface area contributed by atoms with Gasteiger partial charge >= 0.3 is 5.97 Å². The van der Waals surface area contributed by atoms with Crippen molar-refractivity contribution in [2.45, 2.75) is 38.2 Å². The number of rotatable bonds is 6. The molecule has 0 spiro atoms. The van der Waals surface area contributed by atoms with Crippen molar-refractivity contribution >= 4 is 16.3 Å². The van der Waals surface area contributed by atoms with Crippen LogP contribution in [0.3, 0.4) is 0 Å². The molecule has 0 saturated carbocycles. The van der Waals surface area contributed by atoms with Crippen molar-refractivity contribution < 1.29 is 13.7 Å². The molecule has 1 aromatic carbocycles. The zero-order chi connectivity index (χ0) is 16.1. The molecule has 21 heavy (non-hydrogen) atoms. The summed E-state index contributed by atoms with van der Waals surface area (Å²) in [4.78, 5) is 11.9. The van der Waals surface area contributed by atoms with E-state index in [9.17, 15) is 4.79 Å². The van der Waals surface area contributed by atoms with Crippen LogP contribution in [0.2, 0.25) is 0 Å². The number of hydrogen-bond acceptors (Lipinski definition) is 4. The third kappa shape index (κ3) is 5.69. The molecule has 0 radical (unpaired) electrons. The highest BCUT2D eigenvalue weighted by atomic mass is 32.3. The summed E-state index contributed by atoms with van der Waals surface area (Å²) in [7, 11) is -1.28. The van der Waals surface area contributed by atoms with Gasteiger partial charge in [-0.1, -0.05) is 51.1 Å². The van der Waals surface area contributed by atoms with Gasteiger partial charge in [-0.15, -0.1) is 10.3 Å². The van der Waals surface area contributed by atoms with Crippen LogP contribution in [0.25, 0.3) is 0 Å². The first-order valence-corrected chi connectivity index (χ1v) is 9.34. The normalized spacial score (nSPS) is 14.6. The predicted octanol–water partition coefficient (Wildman–Crippen LogP) is 2.85. The smallest absolute Gasteiger partial charge is 0.325 e. The number of ether oxygens (including phenoxy) is 1. The number of carbonyl (C=O) groups is 1. The maximum Gasteiger partial charge on any atom is 0.325 e. The third-order valence-corrected chi connectivity index (χ3v) is 7.22. The van der Waals surface area contributed by atoms with E-state index in [1.165, 1.54) is 0 Å². The highest BCUT2D eigenvalue weighted by Gasteiger charge is 2.30. The summed E-state index contributed by atoms with van der Waals surface area (Å²) in [5.41, 5.74) is 6.79. The summed E-state index contributed by atoms with van der Waals surface area (Å²) >= 11 is 0. The average Bonchev–Trinajstić information content (AvgIpc) is 2.42. The molecular weight excluding hydrogens is 286 g/mol. The molecule has 1 aromatic rings. The first-order valence-electron chi connectivity index (χ1n) is 6.97. The van der Waals surface area contributed by atoms with Crippen molar-refractivity contribution in [1.29, 1.82) is 0 Å². The summed E-state index contributed by atoms with van der Waals surface area (Å²) in [6.45, 7) is 6.81. The van der Waals surface area contributed by atoms with Gasteiger partial charge in [-0.05, 0) is 18.1 Å². The predicted molar refractivity (Wildman–Crippen MR) is 89.4 cm³/mol. The lowest BCUT2D eigenvalue weighted by Gasteiger charge is -2.44. The van der Waals surface area contributed by atoms with Crippen LogP contribution in [0.4, 0.5) is 0 Å². The number of carbonyl (C=O) groups excluding carboxylic acids is 1. The molecular formula is C16H27NO3S. The van der Waals surface area contributed by atoms with Gasteiger partial charge in [0.25, 0.3) is 0 Å².